The Hall–Kier alpha value is -1.59. The van der Waals surface area contributed by atoms with Crippen molar-refractivity contribution in [1.82, 2.24) is 0 Å². The third kappa shape index (κ3) is 2.78. The van der Waals surface area contributed by atoms with Gasteiger partial charge in [0.05, 0.1) is 10.9 Å². The molecule has 0 saturated carbocycles. The second-order valence-corrected chi connectivity index (χ2v) is 10.1. The summed E-state index contributed by atoms with van der Waals surface area (Å²) in [6.45, 7) is 0. The van der Waals surface area contributed by atoms with Crippen LogP contribution in [0.4, 0.5) is 0 Å². The summed E-state index contributed by atoms with van der Waals surface area (Å²) in [7, 11) is -0.800. The largest absolute Gasteiger partial charge is 0.380 e. The van der Waals surface area contributed by atoms with Crippen LogP contribution in [0.3, 0.4) is 0 Å². The lowest BCUT2D eigenvalue weighted by molar-refractivity contribution is -0.0604. The molecule has 4 heteroatoms. The Morgan fingerprint density at radius 3 is 1.67 bits per heavy atom. The molecule has 3 aliphatic carbocycles. The highest BCUT2D eigenvalue weighted by molar-refractivity contribution is 8.02. The van der Waals surface area contributed by atoms with Crippen molar-refractivity contribution < 1.29 is 15.3 Å². The van der Waals surface area contributed by atoms with Crippen molar-refractivity contribution in [1.29, 1.82) is 0 Å². The van der Waals surface area contributed by atoms with Crippen molar-refractivity contribution in [3.8, 4) is 0 Å². The van der Waals surface area contributed by atoms with Crippen molar-refractivity contribution in [2.75, 3.05) is 0 Å². The first-order chi connectivity index (χ1) is 13.0. The van der Waals surface area contributed by atoms with Crippen molar-refractivity contribution in [3.63, 3.8) is 0 Å². The number of hydrogen-bond acceptors (Lipinski definition) is 3. The highest BCUT2D eigenvalue weighted by Crippen LogP contribution is 2.56. The van der Waals surface area contributed by atoms with Crippen molar-refractivity contribution in [3.05, 3.63) is 84.4 Å². The molecule has 0 bridgehead atoms. The van der Waals surface area contributed by atoms with Gasteiger partial charge in [-0.2, -0.15) is 0 Å². The zero-order valence-electron chi connectivity index (χ0n) is 15.4. The van der Waals surface area contributed by atoms with E-state index >= 15 is 0 Å². The van der Waals surface area contributed by atoms with Crippen molar-refractivity contribution >= 4 is 10.9 Å². The first-order valence-electron chi connectivity index (χ1n) is 9.56. The van der Waals surface area contributed by atoms with Gasteiger partial charge in [-0.15, -0.1) is 0 Å². The average Bonchev–Trinajstić information content (AvgIpc) is 2.69. The second kappa shape index (κ2) is 6.78. The summed E-state index contributed by atoms with van der Waals surface area (Å²) in [5.41, 5.74) is -2.49. The van der Waals surface area contributed by atoms with Gasteiger partial charge in [0.1, 0.15) is 16.6 Å². The molecule has 0 radical (unpaired) electrons. The van der Waals surface area contributed by atoms with E-state index in [0.717, 1.165) is 6.42 Å². The highest BCUT2D eigenvalue weighted by Gasteiger charge is 2.74. The SMILES string of the molecule is OC1([S+]2C=CCCC2(C2(O)C=CC=CC2)C2(O)C=CC=CC2)C=CC=CC1. The molecule has 142 valence electrons. The molecule has 4 atom stereocenters. The van der Waals surface area contributed by atoms with E-state index in [9.17, 15) is 15.3 Å². The molecule has 4 rings (SSSR count). The Kier molecular flexibility index (Phi) is 4.71. The summed E-state index contributed by atoms with van der Waals surface area (Å²) in [4.78, 5) is -1.12. The Balaban J connectivity index is 1.93. The monoisotopic (exact) mass is 383 g/mol. The molecule has 3 nitrogen and oxygen atoms in total. The maximum absolute atomic E-state index is 11.9. The molecular weight excluding hydrogens is 356 g/mol. The molecule has 0 aromatic rings. The quantitative estimate of drug-likeness (QED) is 0.655. The van der Waals surface area contributed by atoms with E-state index in [1.807, 2.05) is 78.3 Å². The lowest BCUT2D eigenvalue weighted by atomic mass is 9.66. The van der Waals surface area contributed by atoms with Crippen LogP contribution >= 0.6 is 0 Å². The number of allylic oxidation sites excluding steroid dienone is 7. The fraction of sp³-hybridized carbons (Fsp3) is 0.391. The van der Waals surface area contributed by atoms with Crippen LogP contribution in [0, 0.1) is 0 Å². The van der Waals surface area contributed by atoms with Crippen molar-refractivity contribution in [2.45, 2.75) is 53.0 Å². The fourth-order valence-electron chi connectivity index (χ4n) is 4.85. The Morgan fingerprint density at radius 1 is 0.630 bits per heavy atom. The normalized spacial score (nSPS) is 45.5. The maximum Gasteiger partial charge on any atom is 0.254 e. The zero-order chi connectivity index (χ0) is 19.0. The molecule has 0 spiro atoms. The average molecular weight is 384 g/mol. The molecule has 1 aliphatic heterocycles. The smallest absolute Gasteiger partial charge is 0.254 e. The van der Waals surface area contributed by atoms with Crippen molar-refractivity contribution in [2.24, 2.45) is 0 Å². The zero-order valence-corrected chi connectivity index (χ0v) is 16.2. The van der Waals surface area contributed by atoms with E-state index in [4.69, 9.17) is 0 Å². The first kappa shape index (κ1) is 18.8. The second-order valence-electron chi connectivity index (χ2n) is 7.74. The van der Waals surface area contributed by atoms with Gasteiger partial charge in [0.25, 0.3) is 4.93 Å². The van der Waals surface area contributed by atoms with Crippen LogP contribution in [0.25, 0.3) is 0 Å². The predicted octanol–water partition coefficient (Wildman–Crippen LogP) is 3.35. The molecule has 4 aliphatic rings. The van der Waals surface area contributed by atoms with Crippen LogP contribution in [0.2, 0.25) is 0 Å². The molecule has 0 amide bonds. The summed E-state index contributed by atoms with van der Waals surface area (Å²) < 4.78 is -0.929. The maximum atomic E-state index is 11.9. The van der Waals surface area contributed by atoms with Gasteiger partial charge in [0.15, 0.2) is 0 Å². The van der Waals surface area contributed by atoms with E-state index in [0.29, 0.717) is 25.7 Å². The van der Waals surface area contributed by atoms with E-state index in [1.54, 1.807) is 0 Å². The highest BCUT2D eigenvalue weighted by atomic mass is 32.2. The Morgan fingerprint density at radius 2 is 1.19 bits per heavy atom. The van der Waals surface area contributed by atoms with Gasteiger partial charge in [-0.25, -0.2) is 0 Å². The van der Waals surface area contributed by atoms with E-state index < -0.39 is 31.8 Å². The molecule has 1 heterocycles. The molecule has 4 unspecified atom stereocenters. The minimum absolute atomic E-state index is 0.427. The topological polar surface area (TPSA) is 60.7 Å². The molecule has 3 N–H and O–H groups in total. The Labute approximate surface area is 163 Å². The third-order valence-corrected chi connectivity index (χ3v) is 9.35. The minimum Gasteiger partial charge on any atom is -0.380 e. The van der Waals surface area contributed by atoms with Gasteiger partial charge in [-0.1, -0.05) is 54.7 Å². The van der Waals surface area contributed by atoms with Crippen LogP contribution in [0.5, 0.6) is 0 Å². The summed E-state index contributed by atoms with van der Waals surface area (Å²) in [6, 6.07) is 0. The molecule has 0 saturated heterocycles. The number of hydrogen-bond donors (Lipinski definition) is 3. The van der Waals surface area contributed by atoms with Crippen LogP contribution in [0.15, 0.2) is 84.4 Å². The standard InChI is InChI=1S/C23H27O3S/c24-20(12-4-1-5-13-20)23(21(25)14-6-2-7-15-21)18-10-11-19-27(23)22(26)16-8-3-9-17-22/h1-9,11-12,14,16,19,24-26H,10,13,15,17-18H2/q+1. The molecule has 0 fully saturated rings. The van der Waals surface area contributed by atoms with Crippen LogP contribution in [-0.2, 0) is 10.9 Å². The number of aliphatic hydroxyl groups is 3. The summed E-state index contributed by atoms with van der Waals surface area (Å²) >= 11 is 0. The molecular formula is C23H27O3S+. The first-order valence-corrected chi connectivity index (χ1v) is 10.8. The summed E-state index contributed by atoms with van der Waals surface area (Å²) in [6.07, 6.45) is 27.5. The van der Waals surface area contributed by atoms with Crippen LogP contribution in [-0.4, -0.2) is 36.2 Å². The van der Waals surface area contributed by atoms with E-state index in [2.05, 4.69) is 6.08 Å². The molecule has 27 heavy (non-hydrogen) atoms. The summed E-state index contributed by atoms with van der Waals surface area (Å²) in [5, 5.41) is 37.6. The van der Waals surface area contributed by atoms with E-state index in [1.165, 1.54) is 0 Å². The van der Waals surface area contributed by atoms with Gasteiger partial charge < -0.3 is 15.3 Å². The lowest BCUT2D eigenvalue weighted by Gasteiger charge is -2.54. The predicted molar refractivity (Wildman–Crippen MR) is 112 cm³/mol. The lowest BCUT2D eigenvalue weighted by Crippen LogP contribution is -2.73. The van der Waals surface area contributed by atoms with E-state index in [-0.39, 0.29) is 0 Å². The van der Waals surface area contributed by atoms with Gasteiger partial charge in [-0.3, -0.25) is 0 Å². The molecule has 0 aromatic carbocycles. The number of rotatable bonds is 3. The van der Waals surface area contributed by atoms with Gasteiger partial charge >= 0.3 is 0 Å². The van der Waals surface area contributed by atoms with Gasteiger partial charge in [0, 0.05) is 25.7 Å². The molecule has 0 aromatic heterocycles. The fourth-order valence-corrected chi connectivity index (χ4v) is 8.16. The van der Waals surface area contributed by atoms with Gasteiger partial charge in [-0.05, 0) is 30.7 Å². The van der Waals surface area contributed by atoms with Crippen LogP contribution < -0.4 is 0 Å². The van der Waals surface area contributed by atoms with Crippen LogP contribution in [0.1, 0.15) is 32.1 Å². The van der Waals surface area contributed by atoms with Gasteiger partial charge in [0.2, 0.25) is 4.75 Å². The minimum atomic E-state index is -1.25. The third-order valence-electron chi connectivity index (χ3n) is 6.16. The Bertz CT molecular complexity index is 766. The summed E-state index contributed by atoms with van der Waals surface area (Å²) in [5.74, 6) is 0.